The predicted molar refractivity (Wildman–Crippen MR) is 131 cm³/mol. The highest BCUT2D eigenvalue weighted by atomic mass is 79.9. The molecule has 3 N–H and O–H groups in total. The first-order valence-corrected chi connectivity index (χ1v) is 11.2. The van der Waals surface area contributed by atoms with E-state index in [-0.39, 0.29) is 16.8 Å². The fraction of sp³-hybridized carbons (Fsp3) is 0.0476. The number of amides is 2. The molecule has 2 amide bonds. The van der Waals surface area contributed by atoms with E-state index in [1.165, 1.54) is 24.7 Å². The summed E-state index contributed by atoms with van der Waals surface area (Å²) < 4.78 is 11.9. The van der Waals surface area contributed by atoms with E-state index in [4.69, 9.17) is 21.4 Å². The Kier molecular flexibility index (Phi) is 6.49. The Balaban J connectivity index is 1.44. The van der Waals surface area contributed by atoms with Crippen LogP contribution in [-0.4, -0.2) is 29.0 Å². The summed E-state index contributed by atoms with van der Waals surface area (Å²) in [6.45, 7) is 0. The SMILES string of the molecule is COc1ccc(Br)cc1C(=O)NC(=S)Nc1ccc2nc(NC(=O)c3ccco3)sc2c1. The lowest BCUT2D eigenvalue weighted by molar-refractivity contribution is 0.0972. The summed E-state index contributed by atoms with van der Waals surface area (Å²) in [5.74, 6) is -0.139. The van der Waals surface area contributed by atoms with Crippen LogP contribution in [0.1, 0.15) is 20.9 Å². The third kappa shape index (κ3) is 4.96. The third-order valence-electron chi connectivity index (χ3n) is 4.24. The van der Waals surface area contributed by atoms with Gasteiger partial charge in [0, 0.05) is 10.2 Å². The van der Waals surface area contributed by atoms with Crippen molar-refractivity contribution in [2.24, 2.45) is 0 Å². The van der Waals surface area contributed by atoms with E-state index in [0.717, 1.165) is 9.17 Å². The van der Waals surface area contributed by atoms with Crippen molar-refractivity contribution >= 4 is 77.4 Å². The number of carbonyl (C=O) groups is 2. The van der Waals surface area contributed by atoms with Gasteiger partial charge in [-0.2, -0.15) is 0 Å². The fourth-order valence-corrected chi connectivity index (χ4v) is 4.28. The molecule has 0 saturated heterocycles. The Morgan fingerprint density at radius 1 is 1.12 bits per heavy atom. The van der Waals surface area contributed by atoms with Crippen LogP contribution in [0.25, 0.3) is 10.2 Å². The van der Waals surface area contributed by atoms with E-state index in [9.17, 15) is 9.59 Å². The summed E-state index contributed by atoms with van der Waals surface area (Å²) in [5.41, 5.74) is 1.72. The molecule has 2 heterocycles. The molecule has 11 heteroatoms. The number of carbonyl (C=O) groups excluding carboxylic acids is 2. The second-order valence-electron chi connectivity index (χ2n) is 6.39. The van der Waals surface area contributed by atoms with Crippen molar-refractivity contribution in [1.82, 2.24) is 10.3 Å². The van der Waals surface area contributed by atoms with E-state index in [1.54, 1.807) is 42.5 Å². The normalized spacial score (nSPS) is 10.6. The maximum atomic E-state index is 12.6. The Morgan fingerprint density at radius 2 is 1.97 bits per heavy atom. The molecular formula is C21H15BrN4O4S2. The van der Waals surface area contributed by atoms with Crippen molar-refractivity contribution in [1.29, 1.82) is 0 Å². The lowest BCUT2D eigenvalue weighted by Gasteiger charge is -2.12. The maximum Gasteiger partial charge on any atom is 0.293 e. The van der Waals surface area contributed by atoms with Crippen LogP contribution >= 0.6 is 39.5 Å². The number of halogens is 1. The van der Waals surface area contributed by atoms with Gasteiger partial charge in [0.2, 0.25) is 0 Å². The molecule has 2 aromatic heterocycles. The molecule has 0 aliphatic carbocycles. The van der Waals surface area contributed by atoms with Crippen LogP contribution in [0.4, 0.5) is 10.8 Å². The van der Waals surface area contributed by atoms with Gasteiger partial charge in [0.25, 0.3) is 11.8 Å². The lowest BCUT2D eigenvalue weighted by Crippen LogP contribution is -2.34. The zero-order chi connectivity index (χ0) is 22.7. The minimum Gasteiger partial charge on any atom is -0.496 e. The first kappa shape index (κ1) is 21.9. The van der Waals surface area contributed by atoms with Crippen molar-refractivity contribution in [2.75, 3.05) is 17.7 Å². The van der Waals surface area contributed by atoms with Gasteiger partial charge in [0.05, 0.1) is 29.2 Å². The number of ether oxygens (including phenoxy) is 1. The molecule has 32 heavy (non-hydrogen) atoms. The van der Waals surface area contributed by atoms with Crippen LogP contribution in [0.5, 0.6) is 5.75 Å². The summed E-state index contributed by atoms with van der Waals surface area (Å²) in [5, 5.41) is 8.91. The second-order valence-corrected chi connectivity index (χ2v) is 8.74. The number of thiocarbonyl (C=S) groups is 1. The van der Waals surface area contributed by atoms with Crippen LogP contribution in [0.3, 0.4) is 0 Å². The Morgan fingerprint density at radius 3 is 2.72 bits per heavy atom. The van der Waals surface area contributed by atoms with Crippen LogP contribution in [-0.2, 0) is 0 Å². The summed E-state index contributed by atoms with van der Waals surface area (Å²) in [4.78, 5) is 29.1. The predicted octanol–water partition coefficient (Wildman–Crippen LogP) is 5.04. The standard InChI is InChI=1S/C21H15BrN4O4S2/c1-29-15-7-4-11(22)9-13(15)18(27)25-20(31)23-12-5-6-14-17(10-12)32-21(24-14)26-19(28)16-3-2-8-30-16/h2-10H,1H3,(H,24,26,28)(H2,23,25,27,31). The minimum atomic E-state index is -0.401. The molecule has 0 bridgehead atoms. The quantitative estimate of drug-likeness (QED) is 0.310. The van der Waals surface area contributed by atoms with Crippen molar-refractivity contribution in [2.45, 2.75) is 0 Å². The Hall–Kier alpha value is -3.28. The van der Waals surface area contributed by atoms with Gasteiger partial charge < -0.3 is 14.5 Å². The molecule has 8 nitrogen and oxygen atoms in total. The average Bonchev–Trinajstić information content (AvgIpc) is 3.43. The van der Waals surface area contributed by atoms with E-state index in [2.05, 4.69) is 36.9 Å². The fourth-order valence-electron chi connectivity index (χ4n) is 2.81. The molecule has 0 atom stereocenters. The van der Waals surface area contributed by atoms with Crippen molar-refractivity contribution in [3.8, 4) is 5.75 Å². The first-order valence-electron chi connectivity index (χ1n) is 9.14. The zero-order valence-corrected chi connectivity index (χ0v) is 19.7. The molecule has 2 aromatic carbocycles. The van der Waals surface area contributed by atoms with Gasteiger partial charge in [0.15, 0.2) is 16.0 Å². The smallest absolute Gasteiger partial charge is 0.293 e. The van der Waals surface area contributed by atoms with Gasteiger partial charge in [-0.15, -0.1) is 0 Å². The number of anilines is 2. The molecular weight excluding hydrogens is 516 g/mol. The van der Waals surface area contributed by atoms with Gasteiger partial charge in [0.1, 0.15) is 5.75 Å². The minimum absolute atomic E-state index is 0.132. The Labute approximate surface area is 200 Å². The molecule has 0 radical (unpaired) electrons. The van der Waals surface area contributed by atoms with E-state index in [0.29, 0.717) is 27.6 Å². The number of nitrogens with one attached hydrogen (secondary N) is 3. The number of furan rings is 1. The molecule has 0 aliphatic heterocycles. The second kappa shape index (κ2) is 9.47. The van der Waals surface area contributed by atoms with Gasteiger partial charge in [-0.25, -0.2) is 4.98 Å². The largest absolute Gasteiger partial charge is 0.496 e. The number of thiazole rings is 1. The monoisotopic (exact) mass is 530 g/mol. The summed E-state index contributed by atoms with van der Waals surface area (Å²) in [6, 6.07) is 13.7. The third-order valence-corrected chi connectivity index (χ3v) is 5.88. The van der Waals surface area contributed by atoms with Gasteiger partial charge >= 0.3 is 0 Å². The zero-order valence-electron chi connectivity index (χ0n) is 16.5. The van der Waals surface area contributed by atoms with E-state index in [1.807, 2.05) is 6.07 Å². The van der Waals surface area contributed by atoms with Crippen LogP contribution < -0.4 is 20.7 Å². The summed E-state index contributed by atoms with van der Waals surface area (Å²) in [7, 11) is 1.49. The highest BCUT2D eigenvalue weighted by Crippen LogP contribution is 2.29. The lowest BCUT2D eigenvalue weighted by atomic mass is 10.2. The Bertz CT molecular complexity index is 1320. The molecule has 162 valence electrons. The number of hydrogen-bond donors (Lipinski definition) is 3. The highest BCUT2D eigenvalue weighted by Gasteiger charge is 2.15. The van der Waals surface area contributed by atoms with Crippen LogP contribution in [0, 0.1) is 0 Å². The number of hydrogen-bond acceptors (Lipinski definition) is 7. The topological polar surface area (TPSA) is 105 Å². The first-order chi connectivity index (χ1) is 15.4. The maximum absolute atomic E-state index is 12.6. The van der Waals surface area contributed by atoms with Crippen LogP contribution in [0.15, 0.2) is 63.7 Å². The molecule has 0 saturated carbocycles. The van der Waals surface area contributed by atoms with Crippen molar-refractivity contribution < 1.29 is 18.7 Å². The molecule has 0 aliphatic rings. The average molecular weight is 531 g/mol. The molecule has 0 spiro atoms. The molecule has 0 unspecified atom stereocenters. The number of aromatic nitrogens is 1. The number of rotatable bonds is 5. The van der Waals surface area contributed by atoms with E-state index >= 15 is 0 Å². The molecule has 4 rings (SSSR count). The number of nitrogens with zero attached hydrogens (tertiary/aromatic N) is 1. The number of methoxy groups -OCH3 is 1. The molecule has 0 fully saturated rings. The number of fused-ring (bicyclic) bond motifs is 1. The van der Waals surface area contributed by atoms with Gasteiger partial charge in [-0.1, -0.05) is 27.3 Å². The number of benzene rings is 2. The molecule has 4 aromatic rings. The van der Waals surface area contributed by atoms with Crippen molar-refractivity contribution in [3.63, 3.8) is 0 Å². The van der Waals surface area contributed by atoms with E-state index < -0.39 is 5.91 Å². The van der Waals surface area contributed by atoms with Gasteiger partial charge in [-0.3, -0.25) is 20.2 Å². The van der Waals surface area contributed by atoms with Gasteiger partial charge in [-0.05, 0) is 60.7 Å². The van der Waals surface area contributed by atoms with Crippen molar-refractivity contribution in [3.05, 3.63) is 70.6 Å². The summed E-state index contributed by atoms with van der Waals surface area (Å²) >= 11 is 9.93. The van der Waals surface area contributed by atoms with Crippen LogP contribution in [0.2, 0.25) is 0 Å². The highest BCUT2D eigenvalue weighted by molar-refractivity contribution is 9.10. The summed E-state index contributed by atoms with van der Waals surface area (Å²) in [6.07, 6.45) is 1.43.